The Hall–Kier alpha value is -1.56. The molecule has 6 heteroatoms. The van der Waals surface area contributed by atoms with Crippen molar-refractivity contribution >= 4 is 29.4 Å². The number of nitro benzene ring substituents is 1. The summed E-state index contributed by atoms with van der Waals surface area (Å²) in [6.07, 6.45) is 0.692. The van der Waals surface area contributed by atoms with E-state index in [9.17, 15) is 14.9 Å². The monoisotopic (exact) mass is 280 g/mol. The summed E-state index contributed by atoms with van der Waals surface area (Å²) in [5, 5.41) is 10.7. The summed E-state index contributed by atoms with van der Waals surface area (Å²) in [5.41, 5.74) is 1.13. The molecule has 0 aliphatic carbocycles. The lowest BCUT2D eigenvalue weighted by molar-refractivity contribution is -0.384. The maximum atomic E-state index is 11.2. The Bertz CT molecular complexity index is 517. The first-order valence-electron chi connectivity index (χ1n) is 6.05. The van der Waals surface area contributed by atoms with Gasteiger partial charge in [-0.3, -0.25) is 14.9 Å². The number of hydrogen-bond donors (Lipinski definition) is 0. The molecule has 0 aromatic heterocycles. The molecule has 1 heterocycles. The van der Waals surface area contributed by atoms with E-state index in [0.717, 1.165) is 24.5 Å². The Balaban J connectivity index is 2.34. The molecule has 1 fully saturated rings. The van der Waals surface area contributed by atoms with Gasteiger partial charge in [-0.2, -0.15) is 11.8 Å². The van der Waals surface area contributed by atoms with E-state index in [4.69, 9.17) is 0 Å². The van der Waals surface area contributed by atoms with Crippen LogP contribution < -0.4 is 4.90 Å². The summed E-state index contributed by atoms with van der Waals surface area (Å²) in [5.74, 6) is 0.988. The average molecular weight is 280 g/mol. The van der Waals surface area contributed by atoms with Gasteiger partial charge in [-0.1, -0.05) is 0 Å². The number of thioether (sulfide) groups is 1. The van der Waals surface area contributed by atoms with Crippen LogP contribution in [0.3, 0.4) is 0 Å². The van der Waals surface area contributed by atoms with Crippen molar-refractivity contribution in [1.82, 2.24) is 0 Å². The summed E-state index contributed by atoms with van der Waals surface area (Å²) >= 11 is 1.90. The van der Waals surface area contributed by atoms with Crippen LogP contribution >= 0.6 is 11.8 Å². The molecule has 0 saturated carbocycles. The average Bonchev–Trinajstić information content (AvgIpc) is 2.36. The molecule has 19 heavy (non-hydrogen) atoms. The van der Waals surface area contributed by atoms with Crippen LogP contribution in [-0.2, 0) is 0 Å². The van der Waals surface area contributed by atoms with Crippen molar-refractivity contribution in [3.05, 3.63) is 33.9 Å². The molecule has 2 rings (SSSR count). The van der Waals surface area contributed by atoms with Crippen LogP contribution in [0.25, 0.3) is 0 Å². The SMILES string of the molecule is CC1(C)CN(c2ccc([N+](=O)[O-])cc2C=O)CCS1. The van der Waals surface area contributed by atoms with Gasteiger partial charge in [-0.05, 0) is 19.9 Å². The summed E-state index contributed by atoms with van der Waals surface area (Å²) in [4.78, 5) is 23.5. The third-order valence-electron chi connectivity index (χ3n) is 3.12. The zero-order chi connectivity index (χ0) is 14.0. The molecule has 1 aromatic carbocycles. The molecule has 102 valence electrons. The van der Waals surface area contributed by atoms with Crippen molar-refractivity contribution in [3.63, 3.8) is 0 Å². The van der Waals surface area contributed by atoms with Crippen LogP contribution in [0.1, 0.15) is 24.2 Å². The standard InChI is InChI=1S/C13H16N2O3S/c1-13(2)9-14(5-6-19-13)12-4-3-11(15(17)18)7-10(12)8-16/h3-4,7-8H,5-6,9H2,1-2H3. The van der Waals surface area contributed by atoms with Crippen LogP contribution in [-0.4, -0.2) is 34.8 Å². The largest absolute Gasteiger partial charge is 0.369 e. The number of non-ortho nitro benzene ring substituents is 1. The van der Waals surface area contributed by atoms with Crippen LogP contribution in [0.5, 0.6) is 0 Å². The number of rotatable bonds is 3. The van der Waals surface area contributed by atoms with Crippen LogP contribution in [0.4, 0.5) is 11.4 Å². The zero-order valence-electron chi connectivity index (χ0n) is 11.0. The number of anilines is 1. The molecule has 0 amide bonds. The number of aldehydes is 1. The second kappa shape index (κ2) is 5.21. The quantitative estimate of drug-likeness (QED) is 0.484. The molecule has 0 radical (unpaired) electrons. The summed E-state index contributed by atoms with van der Waals surface area (Å²) in [7, 11) is 0. The Morgan fingerprint density at radius 2 is 2.21 bits per heavy atom. The van der Waals surface area contributed by atoms with Gasteiger partial charge in [0.25, 0.3) is 5.69 Å². The van der Waals surface area contributed by atoms with E-state index in [0.29, 0.717) is 11.8 Å². The topological polar surface area (TPSA) is 63.4 Å². The predicted molar refractivity (Wildman–Crippen MR) is 77.2 cm³/mol. The third kappa shape index (κ3) is 3.07. The van der Waals surface area contributed by atoms with Gasteiger partial charge in [-0.25, -0.2) is 0 Å². The normalized spacial score (nSPS) is 18.1. The maximum Gasteiger partial charge on any atom is 0.270 e. The van der Waals surface area contributed by atoms with Crippen LogP contribution in [0.2, 0.25) is 0 Å². The molecule has 0 N–H and O–H groups in total. The molecule has 1 aromatic rings. The highest BCUT2D eigenvalue weighted by atomic mass is 32.2. The Kier molecular flexibility index (Phi) is 3.80. The summed E-state index contributed by atoms with van der Waals surface area (Å²) in [6.45, 7) is 6.01. The van der Waals surface area contributed by atoms with Gasteiger partial charge in [0, 0.05) is 47.0 Å². The number of carbonyl (C=O) groups is 1. The van der Waals surface area contributed by atoms with Crippen molar-refractivity contribution in [2.75, 3.05) is 23.7 Å². The molecule has 0 atom stereocenters. The van der Waals surface area contributed by atoms with Crippen molar-refractivity contribution in [1.29, 1.82) is 0 Å². The summed E-state index contributed by atoms with van der Waals surface area (Å²) in [6, 6.07) is 4.47. The number of benzene rings is 1. The van der Waals surface area contributed by atoms with Crippen molar-refractivity contribution in [2.45, 2.75) is 18.6 Å². The first-order valence-corrected chi connectivity index (χ1v) is 7.04. The molecule has 1 aliphatic rings. The minimum Gasteiger partial charge on any atom is -0.369 e. The molecule has 0 unspecified atom stereocenters. The van der Waals surface area contributed by atoms with E-state index >= 15 is 0 Å². The third-order valence-corrected chi connectivity index (χ3v) is 4.41. The second-order valence-electron chi connectivity index (χ2n) is 5.15. The maximum absolute atomic E-state index is 11.2. The van der Waals surface area contributed by atoms with E-state index in [1.54, 1.807) is 6.07 Å². The fraction of sp³-hybridized carbons (Fsp3) is 0.462. The van der Waals surface area contributed by atoms with Gasteiger partial charge in [0.15, 0.2) is 6.29 Å². The highest BCUT2D eigenvalue weighted by molar-refractivity contribution is 8.00. The van der Waals surface area contributed by atoms with E-state index < -0.39 is 4.92 Å². The minimum absolute atomic E-state index is 0.0449. The van der Waals surface area contributed by atoms with Gasteiger partial charge >= 0.3 is 0 Å². The highest BCUT2D eigenvalue weighted by Gasteiger charge is 2.28. The van der Waals surface area contributed by atoms with E-state index in [1.165, 1.54) is 12.1 Å². The van der Waals surface area contributed by atoms with Gasteiger partial charge in [0.1, 0.15) is 0 Å². The Morgan fingerprint density at radius 1 is 1.47 bits per heavy atom. The van der Waals surface area contributed by atoms with Gasteiger partial charge in [0.05, 0.1) is 4.92 Å². The molecular formula is C13H16N2O3S. The van der Waals surface area contributed by atoms with Gasteiger partial charge in [0.2, 0.25) is 0 Å². The van der Waals surface area contributed by atoms with Crippen molar-refractivity contribution in [2.24, 2.45) is 0 Å². The number of nitrogens with zero attached hydrogens (tertiary/aromatic N) is 2. The van der Waals surface area contributed by atoms with E-state index in [-0.39, 0.29) is 10.4 Å². The van der Waals surface area contributed by atoms with E-state index in [1.807, 2.05) is 11.8 Å². The Morgan fingerprint density at radius 3 is 2.79 bits per heavy atom. The second-order valence-corrected chi connectivity index (χ2v) is 6.95. The molecule has 0 spiro atoms. The molecule has 0 bridgehead atoms. The lowest BCUT2D eigenvalue weighted by Crippen LogP contribution is -2.43. The minimum atomic E-state index is -0.479. The van der Waals surface area contributed by atoms with Gasteiger partial charge < -0.3 is 4.90 Å². The molecular weight excluding hydrogens is 264 g/mol. The number of hydrogen-bond acceptors (Lipinski definition) is 5. The number of nitro groups is 1. The molecule has 5 nitrogen and oxygen atoms in total. The van der Waals surface area contributed by atoms with E-state index in [2.05, 4.69) is 18.7 Å². The fourth-order valence-electron chi connectivity index (χ4n) is 2.26. The lowest BCUT2D eigenvalue weighted by Gasteiger charge is -2.39. The van der Waals surface area contributed by atoms with Crippen molar-refractivity contribution < 1.29 is 9.72 Å². The van der Waals surface area contributed by atoms with Gasteiger partial charge in [-0.15, -0.1) is 0 Å². The highest BCUT2D eigenvalue weighted by Crippen LogP contribution is 2.34. The summed E-state index contributed by atoms with van der Waals surface area (Å²) < 4.78 is 0.125. The number of carbonyl (C=O) groups excluding carboxylic acids is 1. The Labute approximate surface area is 116 Å². The molecule has 1 aliphatic heterocycles. The first kappa shape index (κ1) is 13.9. The van der Waals surface area contributed by atoms with Crippen LogP contribution in [0.15, 0.2) is 18.2 Å². The van der Waals surface area contributed by atoms with Crippen LogP contribution in [0, 0.1) is 10.1 Å². The first-order chi connectivity index (χ1) is 8.93. The van der Waals surface area contributed by atoms with Crippen molar-refractivity contribution in [3.8, 4) is 0 Å². The lowest BCUT2D eigenvalue weighted by atomic mass is 10.1. The zero-order valence-corrected chi connectivity index (χ0v) is 11.8. The fourth-order valence-corrected chi connectivity index (χ4v) is 3.37. The smallest absolute Gasteiger partial charge is 0.270 e. The molecule has 1 saturated heterocycles. The predicted octanol–water partition coefficient (Wildman–Crippen LogP) is 2.74.